The zero-order valence-electron chi connectivity index (χ0n) is 11.1. The maximum atomic E-state index is 6.02. The van der Waals surface area contributed by atoms with Crippen molar-refractivity contribution in [3.8, 4) is 5.75 Å². The van der Waals surface area contributed by atoms with Crippen LogP contribution in [0, 0.1) is 0 Å². The van der Waals surface area contributed by atoms with E-state index in [0.29, 0.717) is 6.61 Å². The molecule has 2 aromatic rings. The Bertz CT molecular complexity index is 536. The first-order chi connectivity index (χ1) is 9.38. The Morgan fingerprint density at radius 3 is 2.58 bits per heavy atom. The van der Waals surface area contributed by atoms with E-state index in [9.17, 15) is 0 Å². The van der Waals surface area contributed by atoms with Crippen molar-refractivity contribution < 1.29 is 9.47 Å². The summed E-state index contributed by atoms with van der Waals surface area (Å²) < 4.78 is 11.8. The molecule has 0 aromatic heterocycles. The SMILES string of the molecule is CCOC1Oc2ccccc2CC1c1ccccc1. The first-order valence-corrected chi connectivity index (χ1v) is 6.79. The highest BCUT2D eigenvalue weighted by Crippen LogP contribution is 2.36. The fourth-order valence-corrected chi connectivity index (χ4v) is 2.62. The van der Waals surface area contributed by atoms with Crippen molar-refractivity contribution in [2.75, 3.05) is 6.61 Å². The first kappa shape index (κ1) is 12.2. The minimum atomic E-state index is -0.192. The molecule has 3 rings (SSSR count). The molecule has 0 saturated heterocycles. The van der Waals surface area contributed by atoms with Gasteiger partial charge in [0.15, 0.2) is 0 Å². The first-order valence-electron chi connectivity index (χ1n) is 6.79. The topological polar surface area (TPSA) is 18.5 Å². The Kier molecular flexibility index (Phi) is 3.51. The van der Waals surface area contributed by atoms with Crippen LogP contribution in [-0.4, -0.2) is 12.9 Å². The lowest BCUT2D eigenvalue weighted by Gasteiger charge is -2.33. The minimum Gasteiger partial charge on any atom is -0.464 e. The van der Waals surface area contributed by atoms with Crippen LogP contribution >= 0.6 is 0 Å². The molecule has 2 unspecified atom stereocenters. The number of benzene rings is 2. The van der Waals surface area contributed by atoms with Gasteiger partial charge in [0.25, 0.3) is 0 Å². The summed E-state index contributed by atoms with van der Waals surface area (Å²) in [5.74, 6) is 1.21. The lowest BCUT2D eigenvalue weighted by Crippen LogP contribution is -2.33. The minimum absolute atomic E-state index is 0.192. The molecule has 98 valence electrons. The predicted octanol–water partition coefficient (Wildman–Crippen LogP) is 3.77. The van der Waals surface area contributed by atoms with E-state index in [1.807, 2.05) is 25.1 Å². The van der Waals surface area contributed by atoms with Gasteiger partial charge in [0.05, 0.1) is 5.92 Å². The Morgan fingerprint density at radius 1 is 1.05 bits per heavy atom. The van der Waals surface area contributed by atoms with Gasteiger partial charge in [-0.1, -0.05) is 48.5 Å². The maximum Gasteiger partial charge on any atom is 0.207 e. The monoisotopic (exact) mass is 254 g/mol. The second kappa shape index (κ2) is 5.45. The van der Waals surface area contributed by atoms with E-state index in [-0.39, 0.29) is 12.2 Å². The highest BCUT2D eigenvalue weighted by Gasteiger charge is 2.31. The van der Waals surface area contributed by atoms with Crippen LogP contribution in [0.15, 0.2) is 54.6 Å². The average Bonchev–Trinajstić information content (AvgIpc) is 2.48. The van der Waals surface area contributed by atoms with Gasteiger partial charge in [-0.25, -0.2) is 0 Å². The van der Waals surface area contributed by atoms with Crippen molar-refractivity contribution >= 4 is 0 Å². The van der Waals surface area contributed by atoms with Crippen LogP contribution in [0.25, 0.3) is 0 Å². The number of ether oxygens (including phenoxy) is 2. The van der Waals surface area contributed by atoms with E-state index >= 15 is 0 Å². The van der Waals surface area contributed by atoms with Crippen molar-refractivity contribution in [2.24, 2.45) is 0 Å². The molecule has 0 amide bonds. The summed E-state index contributed by atoms with van der Waals surface area (Å²) in [6.45, 7) is 2.67. The van der Waals surface area contributed by atoms with Crippen molar-refractivity contribution in [3.05, 3.63) is 65.7 Å². The van der Waals surface area contributed by atoms with E-state index in [2.05, 4.69) is 36.4 Å². The third kappa shape index (κ3) is 2.49. The van der Waals surface area contributed by atoms with Crippen molar-refractivity contribution in [2.45, 2.75) is 25.6 Å². The molecule has 0 radical (unpaired) electrons. The Balaban J connectivity index is 1.94. The molecule has 2 nitrogen and oxygen atoms in total. The Labute approximate surface area is 114 Å². The largest absolute Gasteiger partial charge is 0.464 e. The number of fused-ring (bicyclic) bond motifs is 1. The fraction of sp³-hybridized carbons (Fsp3) is 0.294. The second-order valence-corrected chi connectivity index (χ2v) is 4.77. The van der Waals surface area contributed by atoms with E-state index in [4.69, 9.17) is 9.47 Å². The van der Waals surface area contributed by atoms with Gasteiger partial charge in [-0.15, -0.1) is 0 Å². The van der Waals surface area contributed by atoms with Gasteiger partial charge in [0, 0.05) is 6.61 Å². The van der Waals surface area contributed by atoms with Crippen LogP contribution in [-0.2, 0) is 11.2 Å². The van der Waals surface area contributed by atoms with Gasteiger partial charge in [-0.2, -0.15) is 0 Å². The highest BCUT2D eigenvalue weighted by atomic mass is 16.7. The number of hydrogen-bond donors (Lipinski definition) is 0. The van der Waals surface area contributed by atoms with Gasteiger partial charge in [0.1, 0.15) is 5.75 Å². The van der Waals surface area contributed by atoms with Gasteiger partial charge in [-0.3, -0.25) is 0 Å². The van der Waals surface area contributed by atoms with Crippen LogP contribution in [0.5, 0.6) is 5.75 Å². The zero-order chi connectivity index (χ0) is 13.1. The van der Waals surface area contributed by atoms with E-state index in [0.717, 1.165) is 12.2 Å². The normalized spacial score (nSPS) is 21.5. The number of rotatable bonds is 3. The molecule has 2 atom stereocenters. The smallest absolute Gasteiger partial charge is 0.207 e. The molecule has 0 bridgehead atoms. The van der Waals surface area contributed by atoms with Crippen LogP contribution in [0.4, 0.5) is 0 Å². The van der Waals surface area contributed by atoms with E-state index in [1.165, 1.54) is 11.1 Å². The quantitative estimate of drug-likeness (QED) is 0.830. The highest BCUT2D eigenvalue weighted by molar-refractivity contribution is 5.38. The molecule has 0 aliphatic carbocycles. The van der Waals surface area contributed by atoms with Gasteiger partial charge in [0.2, 0.25) is 6.29 Å². The summed E-state index contributed by atoms with van der Waals surface area (Å²) in [5.41, 5.74) is 2.53. The molecule has 1 aliphatic rings. The summed E-state index contributed by atoms with van der Waals surface area (Å²) in [6.07, 6.45) is 0.771. The summed E-state index contributed by atoms with van der Waals surface area (Å²) in [7, 11) is 0. The predicted molar refractivity (Wildman–Crippen MR) is 75.4 cm³/mol. The lowest BCUT2D eigenvalue weighted by molar-refractivity contribution is -0.0994. The fourth-order valence-electron chi connectivity index (χ4n) is 2.62. The number of hydrogen-bond acceptors (Lipinski definition) is 2. The van der Waals surface area contributed by atoms with Crippen molar-refractivity contribution in [1.82, 2.24) is 0 Å². The second-order valence-electron chi connectivity index (χ2n) is 4.77. The van der Waals surface area contributed by atoms with Crippen LogP contribution in [0.1, 0.15) is 24.0 Å². The van der Waals surface area contributed by atoms with Crippen LogP contribution < -0.4 is 4.74 Å². The summed E-state index contributed by atoms with van der Waals surface area (Å²) >= 11 is 0. The van der Waals surface area contributed by atoms with Crippen molar-refractivity contribution in [1.29, 1.82) is 0 Å². The Morgan fingerprint density at radius 2 is 1.79 bits per heavy atom. The summed E-state index contributed by atoms with van der Waals surface area (Å²) in [4.78, 5) is 0. The van der Waals surface area contributed by atoms with Crippen molar-refractivity contribution in [3.63, 3.8) is 0 Å². The van der Waals surface area contributed by atoms with Gasteiger partial charge < -0.3 is 9.47 Å². The van der Waals surface area contributed by atoms with Gasteiger partial charge in [-0.05, 0) is 30.5 Å². The average molecular weight is 254 g/mol. The molecule has 0 saturated carbocycles. The molecule has 2 aromatic carbocycles. The molecule has 2 heteroatoms. The lowest BCUT2D eigenvalue weighted by atomic mass is 9.89. The molecule has 0 spiro atoms. The molecule has 1 heterocycles. The Hall–Kier alpha value is -1.80. The van der Waals surface area contributed by atoms with Gasteiger partial charge >= 0.3 is 0 Å². The van der Waals surface area contributed by atoms with Crippen LogP contribution in [0.2, 0.25) is 0 Å². The molecule has 19 heavy (non-hydrogen) atoms. The molecular weight excluding hydrogens is 236 g/mol. The standard InChI is InChI=1S/C17H18O2/c1-2-18-17-15(13-8-4-3-5-9-13)12-14-10-6-7-11-16(14)19-17/h3-11,15,17H,2,12H2,1H3. The third-order valence-electron chi connectivity index (χ3n) is 3.54. The molecule has 0 fully saturated rings. The molecule has 0 N–H and O–H groups in total. The maximum absolute atomic E-state index is 6.02. The summed E-state index contributed by atoms with van der Waals surface area (Å²) in [5, 5.41) is 0. The summed E-state index contributed by atoms with van der Waals surface area (Å²) in [6, 6.07) is 18.7. The third-order valence-corrected chi connectivity index (χ3v) is 3.54. The van der Waals surface area contributed by atoms with Crippen LogP contribution in [0.3, 0.4) is 0 Å². The molecule has 1 aliphatic heterocycles. The van der Waals surface area contributed by atoms with E-state index in [1.54, 1.807) is 0 Å². The van der Waals surface area contributed by atoms with E-state index < -0.39 is 0 Å². The number of para-hydroxylation sites is 1. The molecular formula is C17H18O2. The zero-order valence-corrected chi connectivity index (χ0v) is 11.1.